The molecule has 8 aromatic carbocycles. The third kappa shape index (κ3) is 6.09. The molecule has 233 valence electrons. The normalized spacial score (nSPS) is 11.3. The predicted octanol–water partition coefficient (Wildman–Crippen LogP) is 9.73. The maximum absolute atomic E-state index is 3.32. The van der Waals surface area contributed by atoms with Gasteiger partial charge in [0.2, 0.25) is 0 Å². The van der Waals surface area contributed by atoms with Crippen LogP contribution >= 0.6 is 0 Å². The summed E-state index contributed by atoms with van der Waals surface area (Å²) in [6.45, 7) is 0. The molecule has 0 N–H and O–H groups in total. The van der Waals surface area contributed by atoms with Crippen LogP contribution in [0.4, 0.5) is 0 Å². The third-order valence-corrected chi connectivity index (χ3v) is 18.4. The van der Waals surface area contributed by atoms with E-state index >= 15 is 0 Å². The van der Waals surface area contributed by atoms with Gasteiger partial charge in [0.05, 0.1) is 0 Å². The summed E-state index contributed by atoms with van der Waals surface area (Å²) < 4.78 is 5.57. The number of benzene rings is 8. The van der Waals surface area contributed by atoms with Crippen LogP contribution in [0.5, 0.6) is 0 Å². The van der Waals surface area contributed by atoms with Gasteiger partial charge < -0.3 is 0 Å². The molecule has 0 aliphatic rings. The van der Waals surface area contributed by atoms with Gasteiger partial charge in [-0.05, 0) is 0 Å². The molecule has 1 heteroatoms. The molecule has 0 bridgehead atoms. The molecular formula is C48H36As. The molecule has 0 amide bonds. The molecule has 0 atom stereocenters. The summed E-state index contributed by atoms with van der Waals surface area (Å²) in [7, 11) is 0. The molecule has 8 aromatic rings. The first-order valence-electron chi connectivity index (χ1n) is 16.8. The van der Waals surface area contributed by atoms with Gasteiger partial charge in [-0.15, -0.1) is 0 Å². The minimum atomic E-state index is -3.32. The van der Waals surface area contributed by atoms with Crippen LogP contribution in [-0.2, 0) is 0 Å². The minimum absolute atomic E-state index is 1.23. The van der Waals surface area contributed by atoms with Crippen molar-refractivity contribution in [1.82, 2.24) is 0 Å². The standard InChI is InChI=1S/C48H36As/c1-5-13-37(14-6-1)41-21-29-45(30-22-41)49(46-31-23-42(24-32-46)38-15-7-2-8-16-38,47-33-25-43(26-34-47)39-17-9-3-10-18-39)48-35-27-44(28-36-48)40-19-11-4-12-20-40/h1-36H. The first kappa shape index (κ1) is 30.6. The molecule has 0 spiro atoms. The van der Waals surface area contributed by atoms with Crippen LogP contribution in [0.15, 0.2) is 218 Å². The average Bonchev–Trinajstić information content (AvgIpc) is 3.20. The summed E-state index contributed by atoms with van der Waals surface area (Å²) in [4.78, 5) is 0. The van der Waals surface area contributed by atoms with Crippen molar-refractivity contribution in [2.75, 3.05) is 0 Å². The Morgan fingerprint density at radius 1 is 0.163 bits per heavy atom. The number of hydrogen-bond acceptors (Lipinski definition) is 0. The van der Waals surface area contributed by atoms with Gasteiger partial charge in [0.1, 0.15) is 0 Å². The Bertz CT molecular complexity index is 1900. The van der Waals surface area contributed by atoms with Crippen molar-refractivity contribution in [3.8, 4) is 44.5 Å². The Morgan fingerprint density at radius 3 is 0.510 bits per heavy atom. The second kappa shape index (κ2) is 13.8. The zero-order chi connectivity index (χ0) is 32.9. The van der Waals surface area contributed by atoms with Crippen LogP contribution < -0.4 is 17.4 Å². The van der Waals surface area contributed by atoms with E-state index in [2.05, 4.69) is 218 Å². The molecule has 0 aliphatic heterocycles. The van der Waals surface area contributed by atoms with E-state index < -0.39 is 13.6 Å². The summed E-state index contributed by atoms with van der Waals surface area (Å²) in [6.07, 6.45) is 0. The molecule has 0 fully saturated rings. The monoisotopic (exact) mass is 687 g/mol. The molecule has 0 unspecified atom stereocenters. The van der Waals surface area contributed by atoms with Gasteiger partial charge in [0, 0.05) is 0 Å². The first-order chi connectivity index (χ1) is 24.3. The zero-order valence-corrected chi connectivity index (χ0v) is 29.1. The predicted molar refractivity (Wildman–Crippen MR) is 212 cm³/mol. The fraction of sp³-hybridized carbons (Fsp3) is 0. The number of hydrogen-bond donors (Lipinski definition) is 0. The molecule has 0 nitrogen and oxygen atoms in total. The van der Waals surface area contributed by atoms with Crippen LogP contribution in [0.1, 0.15) is 0 Å². The third-order valence-electron chi connectivity index (χ3n) is 9.45. The molecule has 0 aromatic heterocycles. The summed E-state index contributed by atoms with van der Waals surface area (Å²) in [6, 6.07) is 80.4. The molecule has 49 heavy (non-hydrogen) atoms. The Kier molecular flexibility index (Phi) is 8.64. The first-order valence-corrected chi connectivity index (χ1v) is 20.6. The average molecular weight is 688 g/mol. The topological polar surface area (TPSA) is 0 Å². The van der Waals surface area contributed by atoms with Crippen molar-refractivity contribution >= 4 is 31.0 Å². The Morgan fingerprint density at radius 2 is 0.327 bits per heavy atom. The molecule has 0 heterocycles. The fourth-order valence-corrected chi connectivity index (χ4v) is 15.7. The van der Waals surface area contributed by atoms with E-state index in [1.54, 1.807) is 0 Å². The van der Waals surface area contributed by atoms with Gasteiger partial charge in [-0.2, -0.15) is 0 Å². The molecule has 0 saturated carbocycles. The Balaban J connectivity index is 1.35. The van der Waals surface area contributed by atoms with Crippen molar-refractivity contribution in [2.24, 2.45) is 0 Å². The SMILES string of the molecule is c1ccc(-c2ccc([As](c3ccc(-c4ccccc4)cc3)(c3ccc(-c4ccccc4)cc3)c3ccc(-c4ccccc4)cc3)cc2)cc1. The summed E-state index contributed by atoms with van der Waals surface area (Å²) in [5.74, 6) is 0. The van der Waals surface area contributed by atoms with Gasteiger partial charge in [-0.1, -0.05) is 0 Å². The van der Waals surface area contributed by atoms with Crippen LogP contribution in [0.25, 0.3) is 44.5 Å². The van der Waals surface area contributed by atoms with E-state index in [0.717, 1.165) is 0 Å². The van der Waals surface area contributed by atoms with Gasteiger partial charge in [-0.3, -0.25) is 0 Å². The van der Waals surface area contributed by atoms with E-state index in [4.69, 9.17) is 0 Å². The molecule has 8 rings (SSSR count). The van der Waals surface area contributed by atoms with Crippen molar-refractivity contribution in [3.63, 3.8) is 0 Å². The van der Waals surface area contributed by atoms with E-state index in [1.807, 2.05) is 0 Å². The number of rotatable bonds is 8. The zero-order valence-electron chi connectivity index (χ0n) is 27.2. The molecule has 0 aliphatic carbocycles. The van der Waals surface area contributed by atoms with Crippen LogP contribution in [-0.4, -0.2) is 13.6 Å². The van der Waals surface area contributed by atoms with Gasteiger partial charge in [0.15, 0.2) is 0 Å². The van der Waals surface area contributed by atoms with E-state index in [-0.39, 0.29) is 0 Å². The second-order valence-corrected chi connectivity index (χ2v) is 19.5. The molecule has 1 radical (unpaired) electrons. The van der Waals surface area contributed by atoms with Crippen molar-refractivity contribution in [3.05, 3.63) is 218 Å². The Hall–Kier alpha value is -5.68. The molecule has 0 saturated heterocycles. The summed E-state index contributed by atoms with van der Waals surface area (Å²) >= 11 is -3.32. The van der Waals surface area contributed by atoms with Crippen molar-refractivity contribution in [1.29, 1.82) is 0 Å². The van der Waals surface area contributed by atoms with Gasteiger partial charge in [0.25, 0.3) is 0 Å². The maximum atomic E-state index is 2.40. The quantitative estimate of drug-likeness (QED) is 0.140. The molecular weight excluding hydrogens is 651 g/mol. The van der Waals surface area contributed by atoms with Crippen molar-refractivity contribution in [2.45, 2.75) is 0 Å². The fourth-order valence-electron chi connectivity index (χ4n) is 6.93. The van der Waals surface area contributed by atoms with Crippen molar-refractivity contribution < 1.29 is 0 Å². The van der Waals surface area contributed by atoms with Crippen LogP contribution in [0.2, 0.25) is 0 Å². The second-order valence-electron chi connectivity index (χ2n) is 12.3. The van der Waals surface area contributed by atoms with Crippen LogP contribution in [0, 0.1) is 0 Å². The van der Waals surface area contributed by atoms with Gasteiger partial charge in [-0.25, -0.2) is 0 Å². The van der Waals surface area contributed by atoms with Gasteiger partial charge >= 0.3 is 294 Å². The van der Waals surface area contributed by atoms with E-state index in [0.29, 0.717) is 0 Å². The van der Waals surface area contributed by atoms with E-state index in [1.165, 1.54) is 61.9 Å². The Labute approximate surface area is 292 Å². The summed E-state index contributed by atoms with van der Waals surface area (Å²) in [5.41, 5.74) is 9.86. The van der Waals surface area contributed by atoms with Crippen LogP contribution in [0.3, 0.4) is 0 Å². The van der Waals surface area contributed by atoms with E-state index in [9.17, 15) is 0 Å². The summed E-state index contributed by atoms with van der Waals surface area (Å²) in [5, 5.41) is 0.